The molecule has 0 aromatic rings. The Hall–Kier alpha value is -0.530. The van der Waals surface area contributed by atoms with Crippen molar-refractivity contribution < 1.29 is 12.6 Å². The van der Waals surface area contributed by atoms with Crippen LogP contribution in [0.5, 0.6) is 0 Å². The monoisotopic (exact) mass is 302 g/mol. The van der Waals surface area contributed by atoms with E-state index in [0.29, 0.717) is 6.61 Å². The summed E-state index contributed by atoms with van der Waals surface area (Å²) in [4.78, 5) is 0. The molecule has 0 aromatic heterocycles. The molecule has 0 radical (unpaired) electrons. The van der Waals surface area contributed by atoms with E-state index in [9.17, 15) is 8.42 Å². The smallest absolute Gasteiger partial charge is 0.264 e. The molecule has 0 saturated carbocycles. The van der Waals surface area contributed by atoms with Crippen molar-refractivity contribution in [3.05, 3.63) is 0 Å². The minimum Gasteiger partial charge on any atom is -0.270 e. The van der Waals surface area contributed by atoms with Gasteiger partial charge in [-0.1, -0.05) is 57.8 Å². The van der Waals surface area contributed by atoms with Gasteiger partial charge in [0.1, 0.15) is 0 Å². The van der Waals surface area contributed by atoms with Crippen LogP contribution < -0.4 is 0 Å². The highest BCUT2D eigenvalue weighted by Gasteiger charge is 2.00. The fourth-order valence-electron chi connectivity index (χ4n) is 2.13. The van der Waals surface area contributed by atoms with E-state index in [4.69, 9.17) is 6.42 Å². The Bertz CT molecular complexity index is 341. The summed E-state index contributed by atoms with van der Waals surface area (Å²) in [5, 5.41) is 0. The Morgan fingerprint density at radius 2 is 1.20 bits per heavy atom. The molecule has 0 aliphatic heterocycles. The fourth-order valence-corrected chi connectivity index (χ4v) is 2.55. The predicted molar refractivity (Wildman–Crippen MR) is 85.0 cm³/mol. The summed E-state index contributed by atoms with van der Waals surface area (Å²) in [6.45, 7) is 0.330. The maximum absolute atomic E-state index is 10.7. The lowest BCUT2D eigenvalue weighted by Gasteiger charge is -2.03. The van der Waals surface area contributed by atoms with Gasteiger partial charge in [-0.3, -0.25) is 4.18 Å². The molecule has 4 heteroatoms. The first kappa shape index (κ1) is 19.5. The van der Waals surface area contributed by atoms with E-state index >= 15 is 0 Å². The Morgan fingerprint density at radius 1 is 0.800 bits per heavy atom. The van der Waals surface area contributed by atoms with Crippen LogP contribution in [0.2, 0.25) is 0 Å². The van der Waals surface area contributed by atoms with Crippen LogP contribution in [-0.4, -0.2) is 21.3 Å². The van der Waals surface area contributed by atoms with Crippen LogP contribution in [0.15, 0.2) is 0 Å². The lowest BCUT2D eigenvalue weighted by molar-refractivity contribution is 0.309. The number of rotatable bonds is 14. The third-order valence-corrected chi connectivity index (χ3v) is 3.86. The van der Waals surface area contributed by atoms with Gasteiger partial charge in [0.15, 0.2) is 0 Å². The van der Waals surface area contributed by atoms with Crippen molar-refractivity contribution in [1.82, 2.24) is 0 Å². The molecule has 20 heavy (non-hydrogen) atoms. The first-order valence-corrected chi connectivity index (χ1v) is 9.66. The zero-order chi connectivity index (χ0) is 15.1. The number of hydrogen-bond acceptors (Lipinski definition) is 3. The van der Waals surface area contributed by atoms with Crippen molar-refractivity contribution in [2.45, 2.75) is 77.0 Å². The lowest BCUT2D eigenvalue weighted by Crippen LogP contribution is -2.03. The molecule has 0 N–H and O–H groups in total. The van der Waals surface area contributed by atoms with Gasteiger partial charge < -0.3 is 0 Å². The minimum absolute atomic E-state index is 0.330. The van der Waals surface area contributed by atoms with E-state index in [0.717, 1.165) is 25.5 Å². The minimum atomic E-state index is -3.25. The van der Waals surface area contributed by atoms with Gasteiger partial charge in [-0.25, -0.2) is 0 Å². The second-order valence-corrected chi connectivity index (χ2v) is 7.01. The van der Waals surface area contributed by atoms with E-state index in [-0.39, 0.29) is 0 Å². The molecule has 0 bridgehead atoms. The average molecular weight is 302 g/mol. The van der Waals surface area contributed by atoms with E-state index < -0.39 is 10.1 Å². The van der Waals surface area contributed by atoms with Crippen LogP contribution >= 0.6 is 0 Å². The van der Waals surface area contributed by atoms with Gasteiger partial charge in [0.2, 0.25) is 0 Å². The molecule has 0 rings (SSSR count). The summed E-state index contributed by atoms with van der Waals surface area (Å²) in [6.07, 6.45) is 20.5. The average Bonchev–Trinajstić information content (AvgIpc) is 2.38. The second-order valence-electron chi connectivity index (χ2n) is 5.37. The zero-order valence-corrected chi connectivity index (χ0v) is 13.7. The molecule has 0 aliphatic rings. The van der Waals surface area contributed by atoms with Gasteiger partial charge in [0.25, 0.3) is 10.1 Å². The van der Waals surface area contributed by atoms with Crippen LogP contribution in [0.25, 0.3) is 0 Å². The Morgan fingerprint density at radius 3 is 1.60 bits per heavy atom. The second kappa shape index (κ2) is 13.5. The van der Waals surface area contributed by atoms with Crippen LogP contribution in [0.1, 0.15) is 77.0 Å². The number of unbranched alkanes of at least 4 members (excludes halogenated alkanes) is 11. The SMILES string of the molecule is C#CCCCCCCCCCCCCCOS(C)(=O)=O. The highest BCUT2D eigenvalue weighted by atomic mass is 32.2. The zero-order valence-electron chi connectivity index (χ0n) is 12.9. The van der Waals surface area contributed by atoms with Crippen molar-refractivity contribution >= 4 is 10.1 Å². The van der Waals surface area contributed by atoms with E-state index in [1.54, 1.807) is 0 Å². The third kappa shape index (κ3) is 17.5. The first-order valence-electron chi connectivity index (χ1n) is 7.84. The molecule has 0 fully saturated rings. The van der Waals surface area contributed by atoms with Crippen molar-refractivity contribution in [1.29, 1.82) is 0 Å². The van der Waals surface area contributed by atoms with E-state index in [1.165, 1.54) is 57.8 Å². The summed E-state index contributed by atoms with van der Waals surface area (Å²) in [5.41, 5.74) is 0. The van der Waals surface area contributed by atoms with Crippen LogP contribution in [0, 0.1) is 12.3 Å². The molecule has 0 spiro atoms. The van der Waals surface area contributed by atoms with Crippen molar-refractivity contribution in [3.8, 4) is 12.3 Å². The molecule has 3 nitrogen and oxygen atoms in total. The molecular weight excluding hydrogens is 272 g/mol. The van der Waals surface area contributed by atoms with Gasteiger partial charge in [0, 0.05) is 6.42 Å². The van der Waals surface area contributed by atoms with Gasteiger partial charge in [0.05, 0.1) is 12.9 Å². The third-order valence-electron chi connectivity index (χ3n) is 3.26. The molecule has 0 heterocycles. The standard InChI is InChI=1S/C16H30O3S/c1-3-4-5-6-7-8-9-10-11-12-13-14-15-16-19-20(2,17)18/h1H,4-16H2,2H3. The molecule has 0 aromatic carbocycles. The molecule has 0 amide bonds. The molecular formula is C16H30O3S. The number of terminal acetylenes is 1. The summed E-state index contributed by atoms with van der Waals surface area (Å²) in [6, 6.07) is 0. The first-order chi connectivity index (χ1) is 9.56. The summed E-state index contributed by atoms with van der Waals surface area (Å²) in [5.74, 6) is 2.67. The quantitative estimate of drug-likeness (QED) is 0.273. The Kier molecular flexibility index (Phi) is 13.1. The lowest BCUT2D eigenvalue weighted by atomic mass is 10.1. The molecule has 0 unspecified atom stereocenters. The van der Waals surface area contributed by atoms with Crippen molar-refractivity contribution in [2.75, 3.05) is 12.9 Å². The largest absolute Gasteiger partial charge is 0.270 e. The Balaban J connectivity index is 3.05. The molecule has 0 atom stereocenters. The summed E-state index contributed by atoms with van der Waals surface area (Å²) in [7, 11) is -3.25. The highest BCUT2D eigenvalue weighted by Crippen LogP contribution is 2.11. The predicted octanol–water partition coefficient (Wildman–Crippen LogP) is 4.28. The maximum Gasteiger partial charge on any atom is 0.264 e. The van der Waals surface area contributed by atoms with Crippen LogP contribution in [0.4, 0.5) is 0 Å². The summed E-state index contributed by atoms with van der Waals surface area (Å²) >= 11 is 0. The van der Waals surface area contributed by atoms with Crippen molar-refractivity contribution in [2.24, 2.45) is 0 Å². The van der Waals surface area contributed by atoms with Gasteiger partial charge in [-0.2, -0.15) is 8.42 Å². The van der Waals surface area contributed by atoms with Crippen LogP contribution in [0.3, 0.4) is 0 Å². The normalized spacial score (nSPS) is 11.4. The number of hydrogen-bond donors (Lipinski definition) is 0. The highest BCUT2D eigenvalue weighted by molar-refractivity contribution is 7.85. The Labute approximate surface area is 125 Å². The fraction of sp³-hybridized carbons (Fsp3) is 0.875. The van der Waals surface area contributed by atoms with Gasteiger partial charge >= 0.3 is 0 Å². The van der Waals surface area contributed by atoms with Gasteiger partial charge in [-0.15, -0.1) is 12.3 Å². The molecule has 0 saturated heterocycles. The van der Waals surface area contributed by atoms with Crippen LogP contribution in [-0.2, 0) is 14.3 Å². The topological polar surface area (TPSA) is 43.4 Å². The summed E-state index contributed by atoms with van der Waals surface area (Å²) < 4.78 is 26.1. The maximum atomic E-state index is 10.7. The van der Waals surface area contributed by atoms with Crippen molar-refractivity contribution in [3.63, 3.8) is 0 Å². The van der Waals surface area contributed by atoms with Gasteiger partial charge in [-0.05, 0) is 12.8 Å². The van der Waals surface area contributed by atoms with E-state index in [1.807, 2.05) is 0 Å². The molecule has 118 valence electrons. The van der Waals surface area contributed by atoms with E-state index in [2.05, 4.69) is 10.1 Å². The molecule has 0 aliphatic carbocycles.